The van der Waals surface area contributed by atoms with E-state index in [1.807, 2.05) is 0 Å². The van der Waals surface area contributed by atoms with Crippen molar-refractivity contribution in [3.05, 3.63) is 56.9 Å². The molecule has 2 rings (SSSR count). The number of hydrogen-bond donors (Lipinski definition) is 3. The Hall–Kier alpha value is -2.83. The number of aromatic nitrogens is 1. The normalized spacial score (nSPS) is 10.4. The van der Waals surface area contributed by atoms with Crippen LogP contribution in [-0.4, -0.2) is 22.0 Å². The fraction of sp³-hybridized carbons (Fsp3) is 0.214. The number of carbonyl (C=O) groups excluding carboxylic acids is 1. The fourth-order valence-corrected chi connectivity index (χ4v) is 1.86. The molecule has 0 unspecified atom stereocenters. The molecule has 21 heavy (non-hydrogen) atoms. The number of nitrogens with one attached hydrogen (secondary N) is 2. The second-order valence-electron chi connectivity index (χ2n) is 4.55. The van der Waals surface area contributed by atoms with Gasteiger partial charge in [-0.25, -0.2) is 4.79 Å². The van der Waals surface area contributed by atoms with Crippen LogP contribution in [-0.2, 0) is 6.54 Å². The number of carbonyl (C=O) groups is 2. The van der Waals surface area contributed by atoms with Crippen LogP contribution in [0.2, 0.25) is 0 Å². The molecule has 2 heterocycles. The third kappa shape index (κ3) is 3.19. The van der Waals surface area contributed by atoms with Gasteiger partial charge in [-0.3, -0.25) is 9.59 Å². The highest BCUT2D eigenvalue weighted by Crippen LogP contribution is 2.14. The summed E-state index contributed by atoms with van der Waals surface area (Å²) in [4.78, 5) is 36.9. The lowest BCUT2D eigenvalue weighted by Gasteiger charge is -2.03. The van der Waals surface area contributed by atoms with Crippen molar-refractivity contribution in [1.29, 1.82) is 0 Å². The molecule has 2 aromatic rings. The first-order valence-corrected chi connectivity index (χ1v) is 6.19. The largest absolute Gasteiger partial charge is 0.478 e. The second-order valence-corrected chi connectivity index (χ2v) is 4.55. The maximum Gasteiger partial charge on any atom is 0.339 e. The number of furan rings is 1. The van der Waals surface area contributed by atoms with E-state index in [0.717, 1.165) is 0 Å². The number of aromatic amines is 1. The van der Waals surface area contributed by atoms with Gasteiger partial charge in [0.1, 0.15) is 22.6 Å². The van der Waals surface area contributed by atoms with Crippen LogP contribution in [0.25, 0.3) is 0 Å². The Morgan fingerprint density at radius 1 is 1.29 bits per heavy atom. The molecular weight excluding hydrogens is 276 g/mol. The van der Waals surface area contributed by atoms with Crippen molar-refractivity contribution in [1.82, 2.24) is 10.3 Å². The molecule has 0 bridgehead atoms. The molecule has 0 atom stereocenters. The van der Waals surface area contributed by atoms with Crippen LogP contribution in [0, 0.1) is 13.8 Å². The summed E-state index contributed by atoms with van der Waals surface area (Å²) in [6.07, 6.45) is 0. The summed E-state index contributed by atoms with van der Waals surface area (Å²) in [5.74, 6) is -1.08. The van der Waals surface area contributed by atoms with Crippen LogP contribution in [0.3, 0.4) is 0 Å². The van der Waals surface area contributed by atoms with Crippen LogP contribution >= 0.6 is 0 Å². The second kappa shape index (κ2) is 5.66. The van der Waals surface area contributed by atoms with Crippen molar-refractivity contribution in [2.75, 3.05) is 0 Å². The third-order valence-corrected chi connectivity index (χ3v) is 2.92. The summed E-state index contributed by atoms with van der Waals surface area (Å²) in [6.45, 7) is 3.24. The molecule has 110 valence electrons. The smallest absolute Gasteiger partial charge is 0.339 e. The van der Waals surface area contributed by atoms with Crippen molar-refractivity contribution in [2.45, 2.75) is 20.4 Å². The van der Waals surface area contributed by atoms with Crippen LogP contribution < -0.4 is 10.9 Å². The summed E-state index contributed by atoms with van der Waals surface area (Å²) in [5.41, 5.74) is 0.216. The Bertz CT molecular complexity index is 757. The van der Waals surface area contributed by atoms with E-state index in [9.17, 15) is 14.4 Å². The lowest BCUT2D eigenvalue weighted by atomic mass is 10.2. The number of carboxylic acid groups (broad SMARTS) is 1. The number of aryl methyl sites for hydroxylation is 2. The molecule has 0 saturated carbocycles. The Morgan fingerprint density at radius 3 is 2.57 bits per heavy atom. The number of H-pyrrole nitrogens is 1. The van der Waals surface area contributed by atoms with Crippen molar-refractivity contribution in [3.8, 4) is 0 Å². The molecule has 2 aromatic heterocycles. The van der Waals surface area contributed by atoms with Crippen LogP contribution in [0.15, 0.2) is 27.4 Å². The number of aromatic carboxylic acids is 1. The number of pyridine rings is 1. The minimum atomic E-state index is -1.09. The summed E-state index contributed by atoms with van der Waals surface area (Å²) < 4.78 is 5.23. The molecule has 0 aliphatic carbocycles. The van der Waals surface area contributed by atoms with E-state index in [-0.39, 0.29) is 23.4 Å². The topological polar surface area (TPSA) is 112 Å². The molecule has 0 aliphatic rings. The van der Waals surface area contributed by atoms with Gasteiger partial charge in [0.15, 0.2) is 0 Å². The van der Waals surface area contributed by atoms with Crippen LogP contribution in [0.1, 0.15) is 37.9 Å². The van der Waals surface area contributed by atoms with Crippen LogP contribution in [0.4, 0.5) is 0 Å². The van der Waals surface area contributed by atoms with E-state index >= 15 is 0 Å². The van der Waals surface area contributed by atoms with Gasteiger partial charge in [-0.1, -0.05) is 0 Å². The molecule has 0 saturated heterocycles. The number of carboxylic acids is 1. The summed E-state index contributed by atoms with van der Waals surface area (Å²) in [5, 5.41) is 11.4. The Balaban J connectivity index is 2.09. The highest BCUT2D eigenvalue weighted by atomic mass is 16.4. The molecule has 0 aliphatic heterocycles. The summed E-state index contributed by atoms with van der Waals surface area (Å²) in [7, 11) is 0. The van der Waals surface area contributed by atoms with Gasteiger partial charge in [-0.2, -0.15) is 0 Å². The molecular formula is C14H14N2O5. The van der Waals surface area contributed by atoms with Crippen molar-refractivity contribution >= 4 is 11.9 Å². The molecule has 1 amide bonds. The summed E-state index contributed by atoms with van der Waals surface area (Å²) in [6, 6.07) is 4.40. The van der Waals surface area contributed by atoms with Gasteiger partial charge in [0.05, 0.1) is 6.54 Å². The van der Waals surface area contributed by atoms with Gasteiger partial charge in [-0.05, 0) is 32.0 Å². The van der Waals surface area contributed by atoms with Gasteiger partial charge in [0, 0.05) is 5.69 Å². The van der Waals surface area contributed by atoms with E-state index < -0.39 is 17.4 Å². The first kappa shape index (κ1) is 14.6. The zero-order valence-electron chi connectivity index (χ0n) is 11.5. The maximum atomic E-state index is 11.9. The molecule has 0 radical (unpaired) electrons. The minimum absolute atomic E-state index is 0.000268. The number of amides is 1. The predicted molar refractivity (Wildman–Crippen MR) is 73.4 cm³/mol. The van der Waals surface area contributed by atoms with Gasteiger partial charge in [0.25, 0.3) is 11.5 Å². The molecule has 3 N–H and O–H groups in total. The van der Waals surface area contributed by atoms with Crippen LogP contribution in [0.5, 0.6) is 0 Å². The minimum Gasteiger partial charge on any atom is -0.478 e. The van der Waals surface area contributed by atoms with E-state index in [1.165, 1.54) is 19.1 Å². The van der Waals surface area contributed by atoms with Gasteiger partial charge < -0.3 is 19.8 Å². The zero-order valence-corrected chi connectivity index (χ0v) is 11.5. The average Bonchev–Trinajstić information content (AvgIpc) is 2.77. The van der Waals surface area contributed by atoms with Gasteiger partial charge >= 0.3 is 5.97 Å². The molecule has 0 aromatic carbocycles. The highest BCUT2D eigenvalue weighted by molar-refractivity contribution is 5.93. The van der Waals surface area contributed by atoms with Gasteiger partial charge in [0.2, 0.25) is 0 Å². The Morgan fingerprint density at radius 2 is 2.00 bits per heavy atom. The zero-order chi connectivity index (χ0) is 15.6. The molecule has 7 nitrogen and oxygen atoms in total. The van der Waals surface area contributed by atoms with E-state index in [4.69, 9.17) is 9.52 Å². The fourth-order valence-electron chi connectivity index (χ4n) is 1.86. The van der Waals surface area contributed by atoms with Crippen molar-refractivity contribution in [2.24, 2.45) is 0 Å². The van der Waals surface area contributed by atoms with E-state index in [1.54, 1.807) is 13.0 Å². The first-order chi connectivity index (χ1) is 9.88. The number of rotatable bonds is 4. The van der Waals surface area contributed by atoms with Gasteiger partial charge in [-0.15, -0.1) is 0 Å². The first-order valence-electron chi connectivity index (χ1n) is 6.19. The molecule has 7 heteroatoms. The third-order valence-electron chi connectivity index (χ3n) is 2.92. The summed E-state index contributed by atoms with van der Waals surface area (Å²) >= 11 is 0. The van der Waals surface area contributed by atoms with Crippen molar-refractivity contribution in [3.63, 3.8) is 0 Å². The lowest BCUT2D eigenvalue weighted by molar-refractivity contribution is 0.0694. The SMILES string of the molecule is Cc1ccc(C(=O)NCc2cc(C(=O)O)c(C)o2)c(=O)[nH]1. The predicted octanol–water partition coefficient (Wildman–Crippen LogP) is 1.21. The Kier molecular flexibility index (Phi) is 3.93. The Labute approximate surface area is 119 Å². The maximum absolute atomic E-state index is 11.9. The van der Waals surface area contributed by atoms with Crippen molar-refractivity contribution < 1.29 is 19.1 Å². The van der Waals surface area contributed by atoms with E-state index in [0.29, 0.717) is 11.5 Å². The quantitative estimate of drug-likeness (QED) is 0.783. The molecule has 0 spiro atoms. The standard InChI is InChI=1S/C14H14N2O5/c1-7-3-4-10(13(18)16-7)12(17)15-6-9-5-11(14(19)20)8(2)21-9/h3-5H,6H2,1-2H3,(H,15,17)(H,16,18)(H,19,20). The monoisotopic (exact) mass is 290 g/mol. The molecule has 0 fully saturated rings. The lowest BCUT2D eigenvalue weighted by Crippen LogP contribution is -2.29. The average molecular weight is 290 g/mol. The number of hydrogen-bond acceptors (Lipinski definition) is 4. The highest BCUT2D eigenvalue weighted by Gasteiger charge is 2.15. The van der Waals surface area contributed by atoms with E-state index in [2.05, 4.69) is 10.3 Å².